The first kappa shape index (κ1) is 19.8. The monoisotopic (exact) mass is 432 g/mol. The van der Waals surface area contributed by atoms with E-state index in [-0.39, 0.29) is 11.4 Å². The van der Waals surface area contributed by atoms with Crippen molar-refractivity contribution in [1.29, 1.82) is 0 Å². The molecular formula is C22H29FN4S2. The van der Waals surface area contributed by atoms with Crippen molar-refractivity contribution in [2.24, 2.45) is 5.92 Å². The Morgan fingerprint density at radius 1 is 1.31 bits per heavy atom. The number of likely N-dealkylation sites (N-methyl/N-ethyl adjacent to an activating group) is 1. The lowest BCUT2D eigenvalue weighted by Gasteiger charge is -2.47. The normalized spacial score (nSPS) is 28.5. The number of anilines is 1. The molecule has 0 bridgehead atoms. The molecule has 7 heteroatoms. The van der Waals surface area contributed by atoms with Gasteiger partial charge in [0.15, 0.2) is 0 Å². The molecule has 0 N–H and O–H groups in total. The average molecular weight is 433 g/mol. The zero-order chi connectivity index (χ0) is 20.0. The van der Waals surface area contributed by atoms with Crippen LogP contribution >= 0.6 is 23.5 Å². The van der Waals surface area contributed by atoms with Crippen LogP contribution in [0.2, 0.25) is 0 Å². The van der Waals surface area contributed by atoms with Gasteiger partial charge in [0, 0.05) is 42.7 Å². The Hall–Kier alpha value is -1.15. The molecule has 1 aliphatic carbocycles. The lowest BCUT2D eigenvalue weighted by Crippen LogP contribution is -2.56. The van der Waals surface area contributed by atoms with Gasteiger partial charge in [-0.15, -0.1) is 11.3 Å². The summed E-state index contributed by atoms with van der Waals surface area (Å²) < 4.78 is 18.6. The van der Waals surface area contributed by atoms with Crippen LogP contribution in [0, 0.1) is 11.7 Å². The van der Waals surface area contributed by atoms with E-state index in [0.29, 0.717) is 6.04 Å². The maximum absolute atomic E-state index is 13.9. The van der Waals surface area contributed by atoms with Crippen LogP contribution in [-0.2, 0) is 13.0 Å². The molecule has 4 nitrogen and oxygen atoms in total. The standard InChI is InChI=1S/C22H29FN4S2/c1-16-12-22(14-25(2)29-27(22)19-5-3-4-18(23)11-19)8-9-26(16)13-21-20(24-15-28-21)10-17-6-7-17/h3-5,11,15-17H,6-10,12-14H2,1-2H3/t16-,22+/m0/s1. The number of hydrogen-bond acceptors (Lipinski definition) is 6. The second-order valence-electron chi connectivity index (χ2n) is 9.01. The van der Waals surface area contributed by atoms with Crippen molar-refractivity contribution in [3.63, 3.8) is 0 Å². The van der Waals surface area contributed by atoms with Crippen molar-refractivity contribution in [2.45, 2.75) is 57.2 Å². The van der Waals surface area contributed by atoms with Crippen LogP contribution in [0.5, 0.6) is 0 Å². The van der Waals surface area contributed by atoms with Gasteiger partial charge in [0.1, 0.15) is 5.82 Å². The van der Waals surface area contributed by atoms with Crippen LogP contribution in [0.4, 0.5) is 10.1 Å². The molecule has 0 unspecified atom stereocenters. The predicted octanol–water partition coefficient (Wildman–Crippen LogP) is 4.97. The molecule has 1 aromatic heterocycles. The van der Waals surface area contributed by atoms with E-state index >= 15 is 0 Å². The lowest BCUT2D eigenvalue weighted by molar-refractivity contribution is 0.101. The number of nitrogens with zero attached hydrogens (tertiary/aromatic N) is 4. The van der Waals surface area contributed by atoms with E-state index in [0.717, 1.165) is 44.1 Å². The van der Waals surface area contributed by atoms with Crippen molar-refractivity contribution < 1.29 is 4.39 Å². The van der Waals surface area contributed by atoms with E-state index in [1.54, 1.807) is 18.2 Å². The second kappa shape index (κ2) is 7.84. The van der Waals surface area contributed by atoms with Gasteiger partial charge in [0.05, 0.1) is 22.4 Å². The van der Waals surface area contributed by atoms with Gasteiger partial charge >= 0.3 is 0 Å². The van der Waals surface area contributed by atoms with E-state index in [1.807, 2.05) is 29.0 Å². The molecule has 1 spiro atoms. The smallest absolute Gasteiger partial charge is 0.125 e. The highest BCUT2D eigenvalue weighted by molar-refractivity contribution is 7.98. The highest BCUT2D eigenvalue weighted by atomic mass is 32.2. The average Bonchev–Trinajstić information content (AvgIpc) is 3.30. The number of aromatic nitrogens is 1. The van der Waals surface area contributed by atoms with E-state index in [4.69, 9.17) is 0 Å². The van der Waals surface area contributed by atoms with E-state index in [2.05, 4.69) is 32.5 Å². The summed E-state index contributed by atoms with van der Waals surface area (Å²) in [7, 11) is 2.14. The number of benzene rings is 1. The van der Waals surface area contributed by atoms with Gasteiger partial charge in [-0.05, 0) is 70.2 Å². The third-order valence-corrected chi connectivity index (χ3v) is 8.66. The Balaban J connectivity index is 1.31. The first-order valence-electron chi connectivity index (χ1n) is 10.6. The fourth-order valence-electron chi connectivity index (χ4n) is 4.94. The molecule has 3 heterocycles. The van der Waals surface area contributed by atoms with Gasteiger partial charge in [0.25, 0.3) is 0 Å². The molecular weight excluding hydrogens is 403 g/mol. The molecule has 2 aromatic rings. The fourth-order valence-corrected chi connectivity index (χ4v) is 6.94. The Kier molecular flexibility index (Phi) is 5.35. The predicted molar refractivity (Wildman–Crippen MR) is 119 cm³/mol. The Bertz CT molecular complexity index is 870. The summed E-state index contributed by atoms with van der Waals surface area (Å²) in [4.78, 5) is 8.75. The Morgan fingerprint density at radius 3 is 2.93 bits per heavy atom. The highest BCUT2D eigenvalue weighted by Gasteiger charge is 2.49. The first-order chi connectivity index (χ1) is 14.0. The number of piperidine rings is 1. The molecule has 2 atom stereocenters. The van der Waals surface area contributed by atoms with Crippen molar-refractivity contribution >= 4 is 29.2 Å². The number of likely N-dealkylation sites (tertiary alicyclic amines) is 1. The van der Waals surface area contributed by atoms with Gasteiger partial charge in [-0.2, -0.15) is 0 Å². The minimum Gasteiger partial charge on any atom is -0.296 e. The van der Waals surface area contributed by atoms with Crippen molar-refractivity contribution in [1.82, 2.24) is 14.2 Å². The summed E-state index contributed by atoms with van der Waals surface area (Å²) >= 11 is 3.55. The largest absolute Gasteiger partial charge is 0.296 e. The third kappa shape index (κ3) is 4.07. The topological polar surface area (TPSA) is 22.6 Å². The maximum Gasteiger partial charge on any atom is 0.125 e. The van der Waals surface area contributed by atoms with E-state index in [1.165, 1.54) is 35.9 Å². The molecule has 2 saturated heterocycles. The molecule has 1 saturated carbocycles. The lowest BCUT2D eigenvalue weighted by atomic mass is 9.83. The van der Waals surface area contributed by atoms with Gasteiger partial charge in [-0.3, -0.25) is 9.21 Å². The molecule has 3 aliphatic rings. The number of halogens is 1. The van der Waals surface area contributed by atoms with Crippen molar-refractivity contribution in [2.75, 3.05) is 24.4 Å². The van der Waals surface area contributed by atoms with Crippen molar-refractivity contribution in [3.05, 3.63) is 46.2 Å². The van der Waals surface area contributed by atoms with Crippen LogP contribution in [0.25, 0.3) is 0 Å². The summed E-state index contributed by atoms with van der Waals surface area (Å²) in [6, 6.07) is 7.55. The molecule has 5 rings (SSSR count). The number of hydrogen-bond donors (Lipinski definition) is 0. The molecule has 2 aliphatic heterocycles. The van der Waals surface area contributed by atoms with Crippen LogP contribution in [0.3, 0.4) is 0 Å². The Morgan fingerprint density at radius 2 is 2.17 bits per heavy atom. The summed E-state index contributed by atoms with van der Waals surface area (Å²) in [5, 5.41) is 0. The highest BCUT2D eigenvalue weighted by Crippen LogP contribution is 2.47. The van der Waals surface area contributed by atoms with Crippen LogP contribution in [0.1, 0.15) is 43.2 Å². The van der Waals surface area contributed by atoms with Crippen LogP contribution in [0.15, 0.2) is 29.8 Å². The van der Waals surface area contributed by atoms with Gasteiger partial charge < -0.3 is 0 Å². The number of thiazole rings is 1. The SMILES string of the molecule is C[C@H]1C[C@]2(CCN1Cc1scnc1CC1CC1)CN(C)SN2c1cccc(F)c1. The molecule has 3 fully saturated rings. The van der Waals surface area contributed by atoms with Gasteiger partial charge in [-0.25, -0.2) is 13.7 Å². The summed E-state index contributed by atoms with van der Waals surface area (Å²) in [5.74, 6) is 0.718. The summed E-state index contributed by atoms with van der Waals surface area (Å²) in [6.07, 6.45) is 6.11. The first-order valence-corrected chi connectivity index (χ1v) is 12.2. The number of rotatable bonds is 5. The fraction of sp³-hybridized carbons (Fsp3) is 0.591. The summed E-state index contributed by atoms with van der Waals surface area (Å²) in [5.41, 5.74) is 4.40. The molecule has 0 amide bonds. The van der Waals surface area contributed by atoms with E-state index < -0.39 is 0 Å². The maximum atomic E-state index is 13.9. The van der Waals surface area contributed by atoms with Crippen LogP contribution in [-0.4, -0.2) is 45.9 Å². The molecule has 156 valence electrons. The molecule has 29 heavy (non-hydrogen) atoms. The van der Waals surface area contributed by atoms with Gasteiger partial charge in [-0.1, -0.05) is 6.07 Å². The second-order valence-corrected chi connectivity index (χ2v) is 11.1. The zero-order valence-electron chi connectivity index (χ0n) is 17.2. The molecule has 0 radical (unpaired) electrons. The quantitative estimate of drug-likeness (QED) is 0.621. The van der Waals surface area contributed by atoms with Crippen LogP contribution < -0.4 is 4.31 Å². The summed E-state index contributed by atoms with van der Waals surface area (Å²) in [6.45, 7) is 5.46. The van der Waals surface area contributed by atoms with Crippen molar-refractivity contribution in [3.8, 4) is 0 Å². The third-order valence-electron chi connectivity index (χ3n) is 6.63. The Labute approximate surface area is 181 Å². The molecule has 1 aromatic carbocycles. The van der Waals surface area contributed by atoms with E-state index in [9.17, 15) is 4.39 Å². The minimum atomic E-state index is -0.160. The van der Waals surface area contributed by atoms with Gasteiger partial charge in [0.2, 0.25) is 0 Å². The zero-order valence-corrected chi connectivity index (χ0v) is 18.8. The minimum absolute atomic E-state index is 0.0632.